The third-order valence-corrected chi connectivity index (χ3v) is 3.64. The zero-order chi connectivity index (χ0) is 14.7. The second-order valence-corrected chi connectivity index (χ2v) is 5.73. The maximum atomic E-state index is 6.16. The summed E-state index contributed by atoms with van der Waals surface area (Å²) in [5.74, 6) is 0. The lowest BCUT2D eigenvalue weighted by Gasteiger charge is -2.30. The summed E-state index contributed by atoms with van der Waals surface area (Å²) >= 11 is 5.92. The Morgan fingerprint density at radius 1 is 1.35 bits per heavy atom. The fraction of sp³-hybridized carbons (Fsp3) is 0.400. The van der Waals surface area contributed by atoms with Gasteiger partial charge >= 0.3 is 0 Å². The number of aromatic nitrogens is 2. The summed E-state index contributed by atoms with van der Waals surface area (Å²) in [6.45, 7) is 2.84. The van der Waals surface area contributed by atoms with E-state index in [0.29, 0.717) is 0 Å². The largest absolute Gasteiger partial charge is 0.326 e. The number of hydrogen-bond acceptors (Lipinski definition) is 3. The third-order valence-electron chi connectivity index (χ3n) is 3.38. The highest BCUT2D eigenvalue weighted by Gasteiger charge is 2.22. The number of halogens is 1. The predicted octanol–water partition coefficient (Wildman–Crippen LogP) is 2.59. The average Bonchev–Trinajstić information content (AvgIpc) is 2.78. The molecule has 4 nitrogen and oxygen atoms in total. The van der Waals surface area contributed by atoms with Crippen LogP contribution in [-0.4, -0.2) is 27.8 Å². The van der Waals surface area contributed by atoms with Gasteiger partial charge in [0.25, 0.3) is 0 Å². The summed E-state index contributed by atoms with van der Waals surface area (Å²) in [5.41, 5.74) is 8.51. The molecular weight excluding hydrogens is 272 g/mol. The number of rotatable bonds is 5. The number of benzene rings is 1. The van der Waals surface area contributed by atoms with E-state index in [1.54, 1.807) is 4.68 Å². The molecule has 0 spiro atoms. The Labute approximate surface area is 125 Å². The van der Waals surface area contributed by atoms with Gasteiger partial charge in [0, 0.05) is 36.4 Å². The molecule has 1 aromatic carbocycles. The molecule has 0 bridgehead atoms. The van der Waals surface area contributed by atoms with Crippen molar-refractivity contribution in [3.63, 3.8) is 0 Å². The van der Waals surface area contributed by atoms with Crippen molar-refractivity contribution in [3.8, 4) is 0 Å². The first kappa shape index (κ1) is 15.0. The van der Waals surface area contributed by atoms with Gasteiger partial charge in [0.2, 0.25) is 0 Å². The van der Waals surface area contributed by atoms with Crippen LogP contribution in [0.2, 0.25) is 5.02 Å². The number of nitrogens with two attached hydrogens (primary N) is 1. The normalized spacial score (nSPS) is 14.5. The molecule has 0 radical (unpaired) electrons. The van der Waals surface area contributed by atoms with Gasteiger partial charge < -0.3 is 5.73 Å². The van der Waals surface area contributed by atoms with Crippen molar-refractivity contribution in [1.82, 2.24) is 14.7 Å². The summed E-state index contributed by atoms with van der Waals surface area (Å²) in [5, 5.41) is 4.99. The first-order valence-electron chi connectivity index (χ1n) is 6.66. The highest BCUT2D eigenvalue weighted by atomic mass is 35.5. The lowest BCUT2D eigenvalue weighted by Crippen LogP contribution is -2.36. The molecule has 0 aliphatic heterocycles. The van der Waals surface area contributed by atoms with Gasteiger partial charge in [-0.05, 0) is 31.7 Å². The maximum Gasteiger partial charge on any atom is 0.0538 e. The van der Waals surface area contributed by atoms with Gasteiger partial charge in [-0.3, -0.25) is 9.58 Å². The SMILES string of the molecule is CC(N)C(c1cnn(C)c1)N(C)Cc1ccc(Cl)cc1. The molecular formula is C15H21ClN4. The quantitative estimate of drug-likeness (QED) is 0.921. The molecule has 1 aromatic heterocycles. The molecule has 0 aliphatic rings. The number of hydrogen-bond donors (Lipinski definition) is 1. The molecule has 0 aliphatic carbocycles. The van der Waals surface area contributed by atoms with Gasteiger partial charge in [0.05, 0.1) is 12.2 Å². The minimum atomic E-state index is 0.0245. The summed E-state index contributed by atoms with van der Waals surface area (Å²) < 4.78 is 1.81. The fourth-order valence-corrected chi connectivity index (χ4v) is 2.65. The van der Waals surface area contributed by atoms with Gasteiger partial charge in [0.15, 0.2) is 0 Å². The van der Waals surface area contributed by atoms with Crippen molar-refractivity contribution in [3.05, 3.63) is 52.8 Å². The van der Waals surface area contributed by atoms with E-state index in [9.17, 15) is 0 Å². The van der Waals surface area contributed by atoms with E-state index in [-0.39, 0.29) is 12.1 Å². The van der Waals surface area contributed by atoms with Crippen LogP contribution in [0.5, 0.6) is 0 Å². The molecule has 2 rings (SSSR count). The molecule has 2 N–H and O–H groups in total. The Balaban J connectivity index is 2.15. The van der Waals surface area contributed by atoms with Gasteiger partial charge in [0.1, 0.15) is 0 Å². The summed E-state index contributed by atoms with van der Waals surface area (Å²) in [6.07, 6.45) is 3.90. The van der Waals surface area contributed by atoms with E-state index in [1.165, 1.54) is 5.56 Å². The van der Waals surface area contributed by atoms with Crippen LogP contribution in [0.15, 0.2) is 36.7 Å². The van der Waals surface area contributed by atoms with Crippen molar-refractivity contribution in [1.29, 1.82) is 0 Å². The van der Waals surface area contributed by atoms with E-state index in [2.05, 4.69) is 17.0 Å². The maximum absolute atomic E-state index is 6.16. The fourth-order valence-electron chi connectivity index (χ4n) is 2.53. The minimum Gasteiger partial charge on any atom is -0.326 e. The van der Waals surface area contributed by atoms with Crippen LogP contribution in [0.3, 0.4) is 0 Å². The Morgan fingerprint density at radius 2 is 2.00 bits per heavy atom. The summed E-state index contributed by atoms with van der Waals surface area (Å²) in [7, 11) is 4.00. The lowest BCUT2D eigenvalue weighted by atomic mass is 10.0. The highest BCUT2D eigenvalue weighted by Crippen LogP contribution is 2.23. The summed E-state index contributed by atoms with van der Waals surface area (Å²) in [6, 6.07) is 8.07. The number of nitrogens with zero attached hydrogens (tertiary/aromatic N) is 3. The van der Waals surface area contributed by atoms with Gasteiger partial charge in [-0.15, -0.1) is 0 Å². The predicted molar refractivity (Wildman–Crippen MR) is 82.5 cm³/mol. The zero-order valence-electron chi connectivity index (χ0n) is 12.1. The number of likely N-dealkylation sites (N-methyl/N-ethyl adjacent to an activating group) is 1. The molecule has 2 atom stereocenters. The van der Waals surface area contributed by atoms with Crippen LogP contribution >= 0.6 is 11.6 Å². The Bertz CT molecular complexity index is 547. The van der Waals surface area contributed by atoms with Gasteiger partial charge in [-0.2, -0.15) is 5.10 Å². The van der Waals surface area contributed by atoms with E-state index < -0.39 is 0 Å². The Morgan fingerprint density at radius 3 is 2.50 bits per heavy atom. The van der Waals surface area contributed by atoms with E-state index >= 15 is 0 Å². The van der Waals surface area contributed by atoms with Crippen molar-refractivity contribution in [2.24, 2.45) is 12.8 Å². The van der Waals surface area contributed by atoms with Crippen molar-refractivity contribution in [2.45, 2.75) is 25.6 Å². The lowest BCUT2D eigenvalue weighted by molar-refractivity contribution is 0.211. The average molecular weight is 293 g/mol. The zero-order valence-corrected chi connectivity index (χ0v) is 12.9. The molecule has 0 amide bonds. The van der Waals surface area contributed by atoms with Crippen LogP contribution in [-0.2, 0) is 13.6 Å². The topological polar surface area (TPSA) is 47.1 Å². The second kappa shape index (κ2) is 6.39. The first-order valence-corrected chi connectivity index (χ1v) is 7.04. The second-order valence-electron chi connectivity index (χ2n) is 5.29. The monoisotopic (exact) mass is 292 g/mol. The third kappa shape index (κ3) is 3.60. The van der Waals surface area contributed by atoms with Crippen molar-refractivity contribution < 1.29 is 0 Å². The van der Waals surface area contributed by atoms with Crippen molar-refractivity contribution >= 4 is 11.6 Å². The van der Waals surface area contributed by atoms with Gasteiger partial charge in [-0.1, -0.05) is 23.7 Å². The van der Waals surface area contributed by atoms with Crippen LogP contribution in [0.4, 0.5) is 0 Å². The Hall–Kier alpha value is -1.36. The van der Waals surface area contributed by atoms with E-state index in [0.717, 1.165) is 17.1 Å². The smallest absolute Gasteiger partial charge is 0.0538 e. The van der Waals surface area contributed by atoms with Gasteiger partial charge in [-0.25, -0.2) is 0 Å². The molecule has 0 fully saturated rings. The van der Waals surface area contributed by atoms with Crippen molar-refractivity contribution in [2.75, 3.05) is 7.05 Å². The van der Waals surface area contributed by atoms with E-state index in [1.807, 2.05) is 50.6 Å². The molecule has 20 heavy (non-hydrogen) atoms. The molecule has 108 valence electrons. The molecule has 1 heterocycles. The minimum absolute atomic E-state index is 0.0245. The molecule has 0 saturated heterocycles. The van der Waals surface area contributed by atoms with Crippen LogP contribution in [0, 0.1) is 0 Å². The molecule has 0 saturated carbocycles. The van der Waals surface area contributed by atoms with E-state index in [4.69, 9.17) is 17.3 Å². The van der Waals surface area contributed by atoms with Crippen LogP contribution < -0.4 is 5.73 Å². The Kier molecular flexibility index (Phi) is 4.81. The van der Waals surface area contributed by atoms with Crippen LogP contribution in [0.1, 0.15) is 24.1 Å². The van der Waals surface area contributed by atoms with Crippen LogP contribution in [0.25, 0.3) is 0 Å². The number of aryl methyl sites for hydroxylation is 1. The summed E-state index contributed by atoms with van der Waals surface area (Å²) in [4.78, 5) is 2.24. The molecule has 2 aromatic rings. The highest BCUT2D eigenvalue weighted by molar-refractivity contribution is 6.30. The molecule has 5 heteroatoms. The standard InChI is InChI=1S/C15H21ClN4/c1-11(17)15(13-8-18-20(3)10-13)19(2)9-12-4-6-14(16)7-5-12/h4-8,10-11,15H,9,17H2,1-3H3. The molecule has 2 unspecified atom stereocenters. The first-order chi connectivity index (χ1) is 9.47.